The fourth-order valence-electron chi connectivity index (χ4n) is 3.39. The van der Waals surface area contributed by atoms with Gasteiger partial charge in [0.15, 0.2) is 0 Å². The summed E-state index contributed by atoms with van der Waals surface area (Å²) in [4.78, 5) is 4.38. The molecule has 0 saturated carbocycles. The van der Waals surface area contributed by atoms with Crippen LogP contribution in [0.1, 0.15) is 25.2 Å². The van der Waals surface area contributed by atoms with Gasteiger partial charge >= 0.3 is 0 Å². The highest BCUT2D eigenvalue weighted by atomic mass is 16.5. The fourth-order valence-corrected chi connectivity index (χ4v) is 3.39. The summed E-state index contributed by atoms with van der Waals surface area (Å²) in [5.41, 5.74) is 7.45. The van der Waals surface area contributed by atoms with Gasteiger partial charge in [-0.05, 0) is 32.0 Å². The van der Waals surface area contributed by atoms with Gasteiger partial charge in [-0.1, -0.05) is 17.3 Å². The molecule has 154 valence electrons. The highest BCUT2D eigenvalue weighted by molar-refractivity contribution is 5.97. The van der Waals surface area contributed by atoms with E-state index in [1.54, 1.807) is 56.1 Å². The van der Waals surface area contributed by atoms with Gasteiger partial charge in [0.25, 0.3) is 0 Å². The van der Waals surface area contributed by atoms with E-state index in [4.69, 9.17) is 10.5 Å². The topological polar surface area (TPSA) is 126 Å². The van der Waals surface area contributed by atoms with Crippen molar-refractivity contribution in [2.45, 2.75) is 26.0 Å². The monoisotopic (exact) mass is 406 g/mol. The normalized spacial score (nSPS) is 11.7. The summed E-state index contributed by atoms with van der Waals surface area (Å²) in [6, 6.07) is 12.4. The zero-order valence-electron chi connectivity index (χ0n) is 16.9. The molecule has 3 aromatic heterocycles. The number of hydrogen-bond donors (Lipinski definition) is 2. The minimum absolute atomic E-state index is 0.197. The average molecular weight is 406 g/mol. The quantitative estimate of drug-likeness (QED) is 0.383. The molecular weight excluding hydrogens is 384 g/mol. The number of nitrogens with zero attached hydrogens (tertiary/aromatic N) is 5. The molecule has 0 aliphatic rings. The maximum Gasteiger partial charge on any atom is 0.224 e. The number of methoxy groups -OCH3 is 1. The van der Waals surface area contributed by atoms with Crippen LogP contribution in [0.5, 0.6) is 5.75 Å². The second kappa shape index (κ2) is 7.27. The third kappa shape index (κ3) is 3.50. The first-order valence-electron chi connectivity index (χ1n) is 9.36. The first kappa shape index (κ1) is 19.6. The van der Waals surface area contributed by atoms with Gasteiger partial charge in [-0.3, -0.25) is 0 Å². The van der Waals surface area contributed by atoms with Gasteiger partial charge in [0, 0.05) is 23.1 Å². The molecule has 0 amide bonds. The number of benzene rings is 1. The van der Waals surface area contributed by atoms with E-state index in [2.05, 4.69) is 15.3 Å². The van der Waals surface area contributed by atoms with Crippen molar-refractivity contribution in [3.63, 3.8) is 0 Å². The molecule has 4 rings (SSSR count). The summed E-state index contributed by atoms with van der Waals surface area (Å²) in [7, 11) is 1.58. The number of hydrogen-bond acceptors (Lipinski definition) is 7. The number of aromatic nitrogens is 5. The molecule has 9 heteroatoms. The zero-order valence-corrected chi connectivity index (χ0v) is 16.9. The minimum Gasteiger partial charge on any atom is -0.618 e. The predicted octanol–water partition coefficient (Wildman–Crippen LogP) is 1.99. The third-order valence-corrected chi connectivity index (χ3v) is 4.83. The van der Waals surface area contributed by atoms with Crippen LogP contribution in [0.4, 0.5) is 5.82 Å². The Morgan fingerprint density at radius 1 is 1.23 bits per heavy atom. The van der Waals surface area contributed by atoms with Crippen LogP contribution in [-0.2, 0) is 12.1 Å². The molecule has 3 heterocycles. The van der Waals surface area contributed by atoms with Gasteiger partial charge in [-0.25, -0.2) is 9.67 Å². The van der Waals surface area contributed by atoms with Crippen molar-refractivity contribution < 1.29 is 14.6 Å². The van der Waals surface area contributed by atoms with Crippen molar-refractivity contribution in [3.8, 4) is 17.0 Å². The number of fused-ring (bicyclic) bond motifs is 1. The summed E-state index contributed by atoms with van der Waals surface area (Å²) in [6.07, 6.45) is 1.74. The SMILES string of the molecule is COc1cccc2c(-c3cn(Cc4cccc(C(C)(C)O)[n+]4[O-])nn3)cc(N)nc12. The molecule has 30 heavy (non-hydrogen) atoms. The van der Waals surface area contributed by atoms with Crippen molar-refractivity contribution in [1.82, 2.24) is 20.0 Å². The van der Waals surface area contributed by atoms with Crippen LogP contribution in [0.15, 0.2) is 48.7 Å². The molecule has 0 radical (unpaired) electrons. The largest absolute Gasteiger partial charge is 0.618 e. The van der Waals surface area contributed by atoms with Gasteiger partial charge in [-0.2, -0.15) is 4.73 Å². The molecule has 0 fully saturated rings. The van der Waals surface area contributed by atoms with Gasteiger partial charge < -0.3 is 20.8 Å². The minimum atomic E-state index is -1.25. The van der Waals surface area contributed by atoms with Gasteiger partial charge in [0.05, 0.1) is 13.3 Å². The van der Waals surface area contributed by atoms with Gasteiger partial charge in [-0.15, -0.1) is 5.10 Å². The Bertz CT molecular complexity index is 1230. The number of ether oxygens (including phenoxy) is 1. The fraction of sp³-hybridized carbons (Fsp3) is 0.238. The van der Waals surface area contributed by atoms with Crippen LogP contribution in [0.2, 0.25) is 0 Å². The van der Waals surface area contributed by atoms with Crippen LogP contribution in [0, 0.1) is 5.21 Å². The molecule has 0 aliphatic carbocycles. The molecule has 0 saturated heterocycles. The maximum absolute atomic E-state index is 12.6. The van der Waals surface area contributed by atoms with E-state index in [1.807, 2.05) is 18.2 Å². The van der Waals surface area contributed by atoms with Crippen LogP contribution in [-0.4, -0.2) is 32.2 Å². The standard InChI is InChI=1S/C21H22N6O3/c1-21(2,28)18-9-4-6-13(27(18)29)11-26-12-16(24-25-26)15-10-19(22)23-20-14(15)7-5-8-17(20)30-3/h4-10,12,28H,11H2,1-3H3,(H2,22,23). The number of anilines is 1. The van der Waals surface area contributed by atoms with Crippen LogP contribution < -0.4 is 15.2 Å². The first-order chi connectivity index (χ1) is 14.3. The molecule has 9 nitrogen and oxygen atoms in total. The number of para-hydroxylation sites is 1. The highest BCUT2D eigenvalue weighted by Crippen LogP contribution is 2.32. The number of pyridine rings is 2. The Labute approximate surface area is 172 Å². The van der Waals surface area contributed by atoms with E-state index in [0.29, 0.717) is 28.5 Å². The highest BCUT2D eigenvalue weighted by Gasteiger charge is 2.27. The smallest absolute Gasteiger partial charge is 0.224 e. The van der Waals surface area contributed by atoms with E-state index in [-0.39, 0.29) is 12.2 Å². The molecule has 1 aromatic carbocycles. The molecule has 3 N–H and O–H groups in total. The van der Waals surface area contributed by atoms with E-state index in [9.17, 15) is 10.3 Å². The Hall–Kier alpha value is -3.72. The Morgan fingerprint density at radius 2 is 2.00 bits per heavy atom. The van der Waals surface area contributed by atoms with E-state index < -0.39 is 5.60 Å². The second-order valence-electron chi connectivity index (χ2n) is 7.51. The van der Waals surface area contributed by atoms with Crippen LogP contribution >= 0.6 is 0 Å². The van der Waals surface area contributed by atoms with Crippen molar-refractivity contribution in [1.29, 1.82) is 0 Å². The van der Waals surface area contributed by atoms with Crippen molar-refractivity contribution in [2.75, 3.05) is 12.8 Å². The maximum atomic E-state index is 12.6. The Morgan fingerprint density at radius 3 is 2.73 bits per heavy atom. The molecule has 0 bridgehead atoms. The number of aliphatic hydroxyl groups is 1. The zero-order chi connectivity index (χ0) is 21.5. The first-order valence-corrected chi connectivity index (χ1v) is 9.36. The molecule has 0 aliphatic heterocycles. The molecule has 0 atom stereocenters. The Kier molecular flexibility index (Phi) is 4.75. The molecule has 4 aromatic rings. The number of nitrogens with two attached hydrogens (primary N) is 1. The second-order valence-corrected chi connectivity index (χ2v) is 7.51. The van der Waals surface area contributed by atoms with E-state index in [1.165, 1.54) is 0 Å². The lowest BCUT2D eigenvalue weighted by Crippen LogP contribution is -2.43. The molecular formula is C21H22N6O3. The van der Waals surface area contributed by atoms with Crippen molar-refractivity contribution in [3.05, 3.63) is 65.3 Å². The summed E-state index contributed by atoms with van der Waals surface area (Å²) < 4.78 is 7.69. The summed E-state index contributed by atoms with van der Waals surface area (Å²) >= 11 is 0. The Balaban J connectivity index is 1.73. The van der Waals surface area contributed by atoms with E-state index in [0.717, 1.165) is 15.7 Å². The summed E-state index contributed by atoms with van der Waals surface area (Å²) in [5, 5.41) is 32.1. The van der Waals surface area contributed by atoms with Gasteiger partial charge in [0.1, 0.15) is 34.9 Å². The number of rotatable bonds is 5. The van der Waals surface area contributed by atoms with Crippen LogP contribution in [0.25, 0.3) is 22.2 Å². The van der Waals surface area contributed by atoms with Crippen LogP contribution in [0.3, 0.4) is 0 Å². The lowest BCUT2D eigenvalue weighted by molar-refractivity contribution is -0.630. The molecule has 0 spiro atoms. The van der Waals surface area contributed by atoms with Gasteiger partial charge in [0.2, 0.25) is 11.4 Å². The predicted molar refractivity (Wildman–Crippen MR) is 111 cm³/mol. The third-order valence-electron chi connectivity index (χ3n) is 4.83. The summed E-state index contributed by atoms with van der Waals surface area (Å²) in [5.74, 6) is 0.955. The van der Waals surface area contributed by atoms with Crippen molar-refractivity contribution >= 4 is 16.7 Å². The van der Waals surface area contributed by atoms with E-state index >= 15 is 0 Å². The summed E-state index contributed by atoms with van der Waals surface area (Å²) in [6.45, 7) is 3.34. The number of nitrogen functional groups attached to an aromatic ring is 1. The van der Waals surface area contributed by atoms with Crippen molar-refractivity contribution in [2.24, 2.45) is 0 Å². The average Bonchev–Trinajstić information content (AvgIpc) is 3.16. The lowest BCUT2D eigenvalue weighted by atomic mass is 10.0. The molecule has 0 unspecified atom stereocenters. The lowest BCUT2D eigenvalue weighted by Gasteiger charge is -2.18.